The van der Waals surface area contributed by atoms with Crippen LogP contribution in [0, 0.1) is 5.82 Å². The first-order valence-corrected chi connectivity index (χ1v) is 12.7. The van der Waals surface area contributed by atoms with E-state index in [1.54, 1.807) is 0 Å². The highest BCUT2D eigenvalue weighted by Gasteiger charge is 2.25. The minimum atomic E-state index is -3.62. The second-order valence-corrected chi connectivity index (χ2v) is 10.3. The van der Waals surface area contributed by atoms with Gasteiger partial charge in [0.25, 0.3) is 0 Å². The predicted molar refractivity (Wildman–Crippen MR) is 119 cm³/mol. The predicted octanol–water partition coefficient (Wildman–Crippen LogP) is 4.31. The summed E-state index contributed by atoms with van der Waals surface area (Å²) in [7, 11) is -3.62. The zero-order chi connectivity index (χ0) is 21.7. The standard InChI is InChI=1S/C24H31FN2O3S/c25-20-9-11-22(12-10-20)31(28,29)26-21-13-15-27(16-14-21)17-18-30-24-8-4-3-7-23(24)19-5-1-2-6-19/h3-4,7-12,19,21,26H,1-2,5-6,13-18H2. The molecule has 1 saturated carbocycles. The topological polar surface area (TPSA) is 58.6 Å². The molecule has 0 atom stereocenters. The molecule has 2 fully saturated rings. The summed E-state index contributed by atoms with van der Waals surface area (Å²) in [5.41, 5.74) is 1.34. The van der Waals surface area contributed by atoms with Crippen LogP contribution in [0.25, 0.3) is 0 Å². The third kappa shape index (κ3) is 5.84. The first-order valence-electron chi connectivity index (χ1n) is 11.2. The second kappa shape index (κ2) is 10.1. The van der Waals surface area contributed by atoms with Crippen molar-refractivity contribution in [2.75, 3.05) is 26.2 Å². The fourth-order valence-electron chi connectivity index (χ4n) is 4.65. The van der Waals surface area contributed by atoms with E-state index in [1.807, 2.05) is 6.07 Å². The van der Waals surface area contributed by atoms with Gasteiger partial charge in [-0.1, -0.05) is 31.0 Å². The fraction of sp³-hybridized carbons (Fsp3) is 0.500. The highest BCUT2D eigenvalue weighted by Crippen LogP contribution is 2.38. The molecule has 0 unspecified atom stereocenters. The average Bonchev–Trinajstić information content (AvgIpc) is 3.30. The van der Waals surface area contributed by atoms with E-state index in [0.717, 1.165) is 38.2 Å². The highest BCUT2D eigenvalue weighted by atomic mass is 32.2. The monoisotopic (exact) mass is 446 g/mol. The van der Waals surface area contributed by atoms with Crippen molar-refractivity contribution in [3.05, 3.63) is 59.9 Å². The van der Waals surface area contributed by atoms with Crippen LogP contribution in [0.4, 0.5) is 4.39 Å². The van der Waals surface area contributed by atoms with Gasteiger partial charge in [-0.15, -0.1) is 0 Å². The molecule has 2 aromatic rings. The number of piperidine rings is 1. The maximum atomic E-state index is 13.1. The maximum absolute atomic E-state index is 13.1. The largest absolute Gasteiger partial charge is 0.492 e. The molecule has 0 radical (unpaired) electrons. The van der Waals surface area contributed by atoms with Crippen molar-refractivity contribution in [3.8, 4) is 5.75 Å². The molecule has 2 aliphatic rings. The van der Waals surface area contributed by atoms with Gasteiger partial charge in [0, 0.05) is 12.6 Å². The molecular weight excluding hydrogens is 415 g/mol. The Bertz CT molecular complexity index is 951. The number of nitrogens with one attached hydrogen (secondary N) is 1. The summed E-state index contributed by atoms with van der Waals surface area (Å²) in [6.45, 7) is 3.11. The molecule has 5 nitrogen and oxygen atoms in total. The smallest absolute Gasteiger partial charge is 0.240 e. The van der Waals surface area contributed by atoms with Gasteiger partial charge in [0.05, 0.1) is 4.90 Å². The normalized spacial score (nSPS) is 19.0. The maximum Gasteiger partial charge on any atom is 0.240 e. The summed E-state index contributed by atoms with van der Waals surface area (Å²) in [6.07, 6.45) is 6.61. The molecule has 0 amide bonds. The number of rotatable bonds is 8. The number of hydrogen-bond donors (Lipinski definition) is 1. The summed E-state index contributed by atoms with van der Waals surface area (Å²) in [5.74, 6) is 1.19. The fourth-order valence-corrected chi connectivity index (χ4v) is 5.95. The van der Waals surface area contributed by atoms with Gasteiger partial charge in [-0.2, -0.15) is 0 Å². The molecule has 0 bridgehead atoms. The van der Waals surface area contributed by atoms with Gasteiger partial charge in [-0.25, -0.2) is 17.5 Å². The number of nitrogens with zero attached hydrogens (tertiary/aromatic N) is 1. The van der Waals surface area contributed by atoms with Gasteiger partial charge < -0.3 is 4.74 Å². The first kappa shape index (κ1) is 22.2. The highest BCUT2D eigenvalue weighted by molar-refractivity contribution is 7.89. The number of likely N-dealkylation sites (tertiary alicyclic amines) is 1. The van der Waals surface area contributed by atoms with Crippen LogP contribution in [-0.4, -0.2) is 45.6 Å². The van der Waals surface area contributed by atoms with Gasteiger partial charge in [0.15, 0.2) is 0 Å². The van der Waals surface area contributed by atoms with E-state index in [-0.39, 0.29) is 10.9 Å². The van der Waals surface area contributed by atoms with Gasteiger partial charge in [0.1, 0.15) is 18.2 Å². The Morgan fingerprint density at radius 1 is 0.968 bits per heavy atom. The van der Waals surface area contributed by atoms with Crippen LogP contribution in [-0.2, 0) is 10.0 Å². The molecule has 1 aliphatic carbocycles. The van der Waals surface area contributed by atoms with E-state index >= 15 is 0 Å². The number of halogens is 1. The molecule has 7 heteroatoms. The SMILES string of the molecule is O=S(=O)(NC1CCN(CCOc2ccccc2C2CCCC2)CC1)c1ccc(F)cc1. The first-order chi connectivity index (χ1) is 15.0. The molecular formula is C24H31FN2O3S. The number of hydrogen-bond acceptors (Lipinski definition) is 4. The van der Waals surface area contributed by atoms with Crippen LogP contribution in [0.5, 0.6) is 5.75 Å². The number of benzene rings is 2. The van der Waals surface area contributed by atoms with Crippen molar-refractivity contribution in [3.63, 3.8) is 0 Å². The van der Waals surface area contributed by atoms with Crippen molar-refractivity contribution in [2.24, 2.45) is 0 Å². The van der Waals surface area contributed by atoms with Gasteiger partial charge in [0.2, 0.25) is 10.0 Å². The van der Waals surface area contributed by atoms with E-state index in [9.17, 15) is 12.8 Å². The van der Waals surface area contributed by atoms with Gasteiger partial charge in [-0.3, -0.25) is 4.90 Å². The van der Waals surface area contributed by atoms with Crippen molar-refractivity contribution in [1.29, 1.82) is 0 Å². The number of ether oxygens (including phenoxy) is 1. The minimum Gasteiger partial charge on any atom is -0.492 e. The Labute approximate surface area is 184 Å². The van der Waals surface area contributed by atoms with Crippen molar-refractivity contribution < 1.29 is 17.5 Å². The van der Waals surface area contributed by atoms with E-state index in [0.29, 0.717) is 12.5 Å². The third-order valence-corrected chi connectivity index (χ3v) is 7.95. The van der Waals surface area contributed by atoms with Gasteiger partial charge in [-0.05, 0) is 80.6 Å². The number of sulfonamides is 1. The zero-order valence-electron chi connectivity index (χ0n) is 17.8. The Hall–Kier alpha value is -1.96. The summed E-state index contributed by atoms with van der Waals surface area (Å²) in [4.78, 5) is 2.42. The van der Waals surface area contributed by atoms with E-state index in [1.165, 1.54) is 55.5 Å². The second-order valence-electron chi connectivity index (χ2n) is 8.56. The molecule has 1 saturated heterocycles. The molecule has 1 N–H and O–H groups in total. The van der Waals surface area contributed by atoms with Gasteiger partial charge >= 0.3 is 0 Å². The molecule has 1 aliphatic heterocycles. The van der Waals surface area contributed by atoms with Crippen LogP contribution >= 0.6 is 0 Å². The average molecular weight is 447 g/mol. The molecule has 2 aromatic carbocycles. The lowest BCUT2D eigenvalue weighted by atomic mass is 9.97. The minimum absolute atomic E-state index is 0.102. The molecule has 4 rings (SSSR count). The Kier molecular flexibility index (Phi) is 7.25. The molecule has 31 heavy (non-hydrogen) atoms. The quantitative estimate of drug-likeness (QED) is 0.657. The van der Waals surface area contributed by atoms with E-state index < -0.39 is 15.8 Å². The Balaban J connectivity index is 1.23. The van der Waals surface area contributed by atoms with E-state index in [2.05, 4.69) is 27.8 Å². The summed E-state index contributed by atoms with van der Waals surface area (Å²) in [5, 5.41) is 0. The molecule has 168 valence electrons. The summed E-state index contributed by atoms with van der Waals surface area (Å²) < 4.78 is 47.0. The Morgan fingerprint density at radius 2 is 1.65 bits per heavy atom. The molecule has 1 heterocycles. The van der Waals surface area contributed by atoms with Crippen LogP contribution in [0.3, 0.4) is 0 Å². The van der Waals surface area contributed by atoms with Crippen LogP contribution in [0.15, 0.2) is 53.4 Å². The summed E-state index contributed by atoms with van der Waals surface area (Å²) >= 11 is 0. The molecule has 0 spiro atoms. The van der Waals surface area contributed by atoms with Crippen molar-refractivity contribution in [2.45, 2.75) is 55.4 Å². The van der Waals surface area contributed by atoms with Crippen molar-refractivity contribution >= 4 is 10.0 Å². The summed E-state index contributed by atoms with van der Waals surface area (Å²) in [6, 6.07) is 13.2. The van der Waals surface area contributed by atoms with Crippen molar-refractivity contribution in [1.82, 2.24) is 9.62 Å². The zero-order valence-corrected chi connectivity index (χ0v) is 18.6. The van der Waals surface area contributed by atoms with Crippen LogP contribution in [0.1, 0.15) is 50.0 Å². The lowest BCUT2D eigenvalue weighted by Gasteiger charge is -2.32. The lowest BCUT2D eigenvalue weighted by Crippen LogP contribution is -2.45. The third-order valence-electron chi connectivity index (χ3n) is 6.41. The van der Waals surface area contributed by atoms with Crippen LogP contribution < -0.4 is 9.46 Å². The Morgan fingerprint density at radius 3 is 2.35 bits per heavy atom. The van der Waals surface area contributed by atoms with Crippen LogP contribution in [0.2, 0.25) is 0 Å². The van der Waals surface area contributed by atoms with E-state index in [4.69, 9.17) is 4.74 Å². The lowest BCUT2D eigenvalue weighted by molar-refractivity contribution is 0.170. The number of para-hydroxylation sites is 1. The molecule has 0 aromatic heterocycles.